The maximum absolute atomic E-state index is 12.7. The van der Waals surface area contributed by atoms with Crippen LogP contribution in [0.25, 0.3) is 17.3 Å². The molecule has 2 aromatic carbocycles. The van der Waals surface area contributed by atoms with Crippen molar-refractivity contribution in [1.29, 1.82) is 0 Å². The first-order valence-corrected chi connectivity index (χ1v) is 12.3. The standard InChI is InChI=1S/C28H37N5O2/c1-3-7-23(26-8-4-5-9-27(26)35-17-6-15-31-16-14-29)18-24-20-33(28(34)32-21(24)2)25-12-10-22(19-30)11-13-25/h4-5,8-13,18,20,31H,3,6-7,14-17,19,29-30H2,1-2H3/b23-18+. The molecule has 0 saturated carbocycles. The zero-order valence-electron chi connectivity index (χ0n) is 20.8. The van der Waals surface area contributed by atoms with Gasteiger partial charge >= 0.3 is 5.69 Å². The van der Waals surface area contributed by atoms with Crippen LogP contribution in [-0.4, -0.2) is 35.8 Å². The number of nitrogens with zero attached hydrogens (tertiary/aromatic N) is 2. The molecular formula is C28H37N5O2. The van der Waals surface area contributed by atoms with Crippen LogP contribution in [0.5, 0.6) is 5.75 Å². The minimum Gasteiger partial charge on any atom is -0.493 e. The lowest BCUT2D eigenvalue weighted by Crippen LogP contribution is -2.24. The Morgan fingerprint density at radius 2 is 1.89 bits per heavy atom. The van der Waals surface area contributed by atoms with E-state index in [4.69, 9.17) is 16.2 Å². The molecule has 3 rings (SSSR count). The van der Waals surface area contributed by atoms with Crippen LogP contribution in [0.3, 0.4) is 0 Å². The summed E-state index contributed by atoms with van der Waals surface area (Å²) in [5, 5.41) is 3.29. The van der Waals surface area contributed by atoms with Crippen LogP contribution in [0.4, 0.5) is 0 Å². The zero-order valence-corrected chi connectivity index (χ0v) is 20.8. The van der Waals surface area contributed by atoms with Crippen LogP contribution in [-0.2, 0) is 6.54 Å². The molecule has 35 heavy (non-hydrogen) atoms. The third-order valence-electron chi connectivity index (χ3n) is 5.76. The predicted molar refractivity (Wildman–Crippen MR) is 144 cm³/mol. The quantitative estimate of drug-likeness (QED) is 0.326. The van der Waals surface area contributed by atoms with E-state index in [1.165, 1.54) is 0 Å². The Balaban J connectivity index is 1.92. The topological polar surface area (TPSA) is 108 Å². The summed E-state index contributed by atoms with van der Waals surface area (Å²) in [6.45, 7) is 7.43. The van der Waals surface area contributed by atoms with Crippen molar-refractivity contribution in [3.63, 3.8) is 0 Å². The maximum atomic E-state index is 12.7. The molecule has 0 bridgehead atoms. The van der Waals surface area contributed by atoms with Crippen molar-refractivity contribution < 1.29 is 4.74 Å². The van der Waals surface area contributed by atoms with Crippen LogP contribution in [0.1, 0.15) is 48.6 Å². The summed E-state index contributed by atoms with van der Waals surface area (Å²) in [4.78, 5) is 17.0. The van der Waals surface area contributed by atoms with E-state index >= 15 is 0 Å². The average Bonchev–Trinajstić information content (AvgIpc) is 2.87. The fraction of sp³-hybridized carbons (Fsp3) is 0.357. The van der Waals surface area contributed by atoms with Crippen molar-refractivity contribution in [2.45, 2.75) is 39.7 Å². The predicted octanol–water partition coefficient (Wildman–Crippen LogP) is 3.66. The van der Waals surface area contributed by atoms with Gasteiger partial charge in [-0.05, 0) is 61.7 Å². The summed E-state index contributed by atoms with van der Waals surface area (Å²) in [6, 6.07) is 15.8. The van der Waals surface area contributed by atoms with Gasteiger partial charge in [0.1, 0.15) is 5.75 Å². The molecule has 0 aliphatic carbocycles. The Morgan fingerprint density at radius 3 is 2.60 bits per heavy atom. The van der Waals surface area contributed by atoms with Crippen molar-refractivity contribution >= 4 is 11.6 Å². The van der Waals surface area contributed by atoms with Crippen LogP contribution >= 0.6 is 0 Å². The number of aryl methyl sites for hydroxylation is 1. The van der Waals surface area contributed by atoms with Crippen LogP contribution in [0.2, 0.25) is 0 Å². The van der Waals surface area contributed by atoms with E-state index in [1.54, 1.807) is 4.57 Å². The molecule has 5 N–H and O–H groups in total. The number of nitrogens with one attached hydrogen (secondary N) is 1. The fourth-order valence-corrected chi connectivity index (χ4v) is 3.87. The molecule has 7 heteroatoms. The first-order chi connectivity index (χ1) is 17.1. The lowest BCUT2D eigenvalue weighted by molar-refractivity contribution is 0.307. The van der Waals surface area contributed by atoms with Gasteiger partial charge in [-0.3, -0.25) is 4.57 Å². The highest BCUT2D eigenvalue weighted by molar-refractivity contribution is 5.84. The lowest BCUT2D eigenvalue weighted by atomic mass is 9.98. The summed E-state index contributed by atoms with van der Waals surface area (Å²) in [6.07, 6.45) is 6.75. The Morgan fingerprint density at radius 1 is 1.11 bits per heavy atom. The van der Waals surface area contributed by atoms with Gasteiger partial charge < -0.3 is 21.5 Å². The van der Waals surface area contributed by atoms with Crippen molar-refractivity contribution in [3.05, 3.63) is 87.6 Å². The maximum Gasteiger partial charge on any atom is 0.352 e. The monoisotopic (exact) mass is 475 g/mol. The minimum absolute atomic E-state index is 0.302. The molecule has 0 unspecified atom stereocenters. The molecule has 0 aliphatic heterocycles. The number of hydrogen-bond donors (Lipinski definition) is 3. The number of benzene rings is 2. The van der Waals surface area contributed by atoms with Gasteiger partial charge in [0.2, 0.25) is 0 Å². The highest BCUT2D eigenvalue weighted by atomic mass is 16.5. The second-order valence-corrected chi connectivity index (χ2v) is 8.46. The molecule has 186 valence electrons. The van der Waals surface area contributed by atoms with Gasteiger partial charge in [-0.2, -0.15) is 4.98 Å². The first-order valence-electron chi connectivity index (χ1n) is 12.3. The molecular weight excluding hydrogens is 438 g/mol. The highest BCUT2D eigenvalue weighted by Gasteiger charge is 2.12. The van der Waals surface area contributed by atoms with Gasteiger partial charge in [-0.1, -0.05) is 43.7 Å². The third kappa shape index (κ3) is 7.36. The molecule has 1 aromatic heterocycles. The van der Waals surface area contributed by atoms with Crippen molar-refractivity contribution in [3.8, 4) is 11.4 Å². The zero-order chi connectivity index (χ0) is 25.0. The average molecular weight is 476 g/mol. The number of hydrogen-bond acceptors (Lipinski definition) is 6. The van der Waals surface area contributed by atoms with Crippen LogP contribution < -0.4 is 27.2 Å². The third-order valence-corrected chi connectivity index (χ3v) is 5.76. The molecule has 0 aliphatic rings. The largest absolute Gasteiger partial charge is 0.493 e. The van der Waals surface area contributed by atoms with Gasteiger partial charge in [0.25, 0.3) is 0 Å². The lowest BCUT2D eigenvalue weighted by Gasteiger charge is -2.15. The number of nitrogens with two attached hydrogens (primary N) is 2. The molecule has 0 spiro atoms. The number of rotatable bonds is 13. The van der Waals surface area contributed by atoms with Gasteiger partial charge in [-0.25, -0.2) is 4.79 Å². The van der Waals surface area contributed by atoms with Crippen LogP contribution in [0.15, 0.2) is 59.5 Å². The smallest absolute Gasteiger partial charge is 0.352 e. The normalized spacial score (nSPS) is 11.6. The van der Waals surface area contributed by atoms with Crippen molar-refractivity contribution in [1.82, 2.24) is 14.9 Å². The molecule has 0 atom stereocenters. The fourth-order valence-electron chi connectivity index (χ4n) is 3.87. The molecule has 7 nitrogen and oxygen atoms in total. The van der Waals surface area contributed by atoms with Gasteiger partial charge in [-0.15, -0.1) is 0 Å². The number of para-hydroxylation sites is 1. The van der Waals surface area contributed by atoms with Gasteiger partial charge in [0.05, 0.1) is 18.0 Å². The first kappa shape index (κ1) is 26.3. The van der Waals surface area contributed by atoms with Gasteiger partial charge in [0.15, 0.2) is 0 Å². The van der Waals surface area contributed by atoms with E-state index in [0.29, 0.717) is 25.4 Å². The second-order valence-electron chi connectivity index (χ2n) is 8.46. The van der Waals surface area contributed by atoms with E-state index in [1.807, 2.05) is 55.6 Å². The molecule has 1 heterocycles. The Bertz CT molecular complexity index is 1170. The number of ether oxygens (including phenoxy) is 1. The van der Waals surface area contributed by atoms with E-state index in [-0.39, 0.29) is 5.69 Å². The molecule has 0 saturated heterocycles. The Hall–Kier alpha value is -3.26. The summed E-state index contributed by atoms with van der Waals surface area (Å²) in [5.74, 6) is 0.863. The Kier molecular flexibility index (Phi) is 10.2. The highest BCUT2D eigenvalue weighted by Crippen LogP contribution is 2.31. The SMILES string of the molecule is CCC/C(=C\c1cn(-c2ccc(CN)cc2)c(=O)nc1C)c1ccccc1OCCCNCCN. The van der Waals surface area contributed by atoms with Crippen LogP contribution in [0, 0.1) is 6.92 Å². The van der Waals surface area contributed by atoms with E-state index in [2.05, 4.69) is 29.4 Å². The second kappa shape index (κ2) is 13.6. The summed E-state index contributed by atoms with van der Waals surface area (Å²) in [7, 11) is 0. The summed E-state index contributed by atoms with van der Waals surface area (Å²) >= 11 is 0. The van der Waals surface area contributed by atoms with E-state index in [0.717, 1.165) is 66.1 Å². The molecule has 3 aromatic rings. The van der Waals surface area contributed by atoms with E-state index < -0.39 is 0 Å². The molecule has 0 fully saturated rings. The van der Waals surface area contributed by atoms with Crippen molar-refractivity contribution in [2.24, 2.45) is 11.5 Å². The van der Waals surface area contributed by atoms with E-state index in [9.17, 15) is 4.79 Å². The van der Waals surface area contributed by atoms with Crippen molar-refractivity contribution in [2.75, 3.05) is 26.2 Å². The van der Waals surface area contributed by atoms with Gasteiger partial charge in [0, 0.05) is 37.0 Å². The number of aromatic nitrogens is 2. The molecule has 0 amide bonds. The summed E-state index contributed by atoms with van der Waals surface area (Å²) in [5.41, 5.74) is 16.5. The minimum atomic E-state index is -0.302. The molecule has 0 radical (unpaired) electrons. The summed E-state index contributed by atoms with van der Waals surface area (Å²) < 4.78 is 7.74. The number of allylic oxidation sites excluding steroid dienone is 1. The Labute approximate surface area is 207 Å².